The van der Waals surface area contributed by atoms with Gasteiger partial charge in [-0.2, -0.15) is 0 Å². The summed E-state index contributed by atoms with van der Waals surface area (Å²) in [7, 11) is 1.58. The largest absolute Gasteiger partial charge is 0.497 e. The molecule has 174 valence electrons. The van der Waals surface area contributed by atoms with Gasteiger partial charge >= 0.3 is 0 Å². The molecule has 1 amide bonds. The number of carbonyl (C=O) groups excluding carboxylic acids is 1. The number of ether oxygens (including phenoxy) is 1. The molecule has 35 heavy (non-hydrogen) atoms. The van der Waals surface area contributed by atoms with Crippen LogP contribution in [0.4, 0.5) is 5.69 Å². The molecule has 0 fully saturated rings. The Bertz CT molecular complexity index is 1570. The van der Waals surface area contributed by atoms with Crippen molar-refractivity contribution < 1.29 is 14.6 Å². The molecule has 2 aromatic heterocycles. The molecule has 0 spiro atoms. The summed E-state index contributed by atoms with van der Waals surface area (Å²) in [5.74, 6) is 0.0808. The quantitative estimate of drug-likeness (QED) is 0.277. The summed E-state index contributed by atoms with van der Waals surface area (Å²) in [4.78, 5) is 18.0. The van der Waals surface area contributed by atoms with E-state index in [2.05, 4.69) is 10.2 Å². The topological polar surface area (TPSA) is 89.1 Å². The zero-order chi connectivity index (χ0) is 24.4. The molecule has 3 aromatic carbocycles. The number of nitrogens with zero attached hydrogens (tertiary/aromatic N) is 4. The third-order valence-electron chi connectivity index (χ3n) is 5.92. The Kier molecular flexibility index (Phi) is 5.97. The van der Waals surface area contributed by atoms with Gasteiger partial charge < -0.3 is 14.4 Å². The van der Waals surface area contributed by atoms with Crippen molar-refractivity contribution in [2.24, 2.45) is 10.2 Å². The van der Waals surface area contributed by atoms with E-state index in [1.807, 2.05) is 73.7 Å². The van der Waals surface area contributed by atoms with Crippen LogP contribution in [0.15, 0.2) is 89.1 Å². The van der Waals surface area contributed by atoms with Crippen molar-refractivity contribution in [1.82, 2.24) is 9.55 Å². The van der Waals surface area contributed by atoms with E-state index in [4.69, 9.17) is 9.72 Å². The van der Waals surface area contributed by atoms with Gasteiger partial charge in [0.05, 0.1) is 29.4 Å². The lowest BCUT2D eigenvalue weighted by Gasteiger charge is -2.07. The second-order valence-corrected chi connectivity index (χ2v) is 8.15. The van der Waals surface area contributed by atoms with E-state index in [0.717, 1.165) is 17.5 Å². The van der Waals surface area contributed by atoms with Gasteiger partial charge in [-0.3, -0.25) is 4.79 Å². The summed E-state index contributed by atoms with van der Waals surface area (Å²) in [6, 6.07) is 24.3. The predicted molar refractivity (Wildman–Crippen MR) is 136 cm³/mol. The van der Waals surface area contributed by atoms with E-state index in [1.165, 1.54) is 0 Å². The normalized spacial score (nSPS) is 11.5. The number of carbonyl (C=O) groups is 1. The first-order valence-corrected chi connectivity index (χ1v) is 11.4. The smallest absolute Gasteiger partial charge is 0.296 e. The Hall–Kier alpha value is -4.52. The average molecular weight is 465 g/mol. The van der Waals surface area contributed by atoms with Gasteiger partial charge in [-0.1, -0.05) is 55.5 Å². The lowest BCUT2D eigenvalue weighted by atomic mass is 10.0. The van der Waals surface area contributed by atoms with E-state index < -0.39 is 5.91 Å². The van der Waals surface area contributed by atoms with Crippen molar-refractivity contribution >= 4 is 33.4 Å². The number of rotatable bonds is 6. The third kappa shape index (κ3) is 4.12. The van der Waals surface area contributed by atoms with Crippen LogP contribution in [0.5, 0.6) is 11.6 Å². The predicted octanol–water partition coefficient (Wildman–Crippen LogP) is 6.90. The highest BCUT2D eigenvalue weighted by atomic mass is 16.5. The molecule has 0 atom stereocenters. The van der Waals surface area contributed by atoms with Gasteiger partial charge in [0.2, 0.25) is 5.88 Å². The van der Waals surface area contributed by atoms with Crippen molar-refractivity contribution in [2.75, 3.05) is 7.11 Å². The van der Waals surface area contributed by atoms with Gasteiger partial charge in [-0.15, -0.1) is 10.2 Å². The summed E-state index contributed by atoms with van der Waals surface area (Å²) in [5.41, 5.74) is 3.70. The monoisotopic (exact) mass is 464 g/mol. The van der Waals surface area contributed by atoms with Gasteiger partial charge in [0.1, 0.15) is 5.75 Å². The SMILES string of the molecule is CCCn1c(O)c(N=NC(=O)c2cc(-c3ccccc3)nc3ccccc23)c2cc(OC)ccc21. The van der Waals surface area contributed by atoms with Gasteiger partial charge in [-0.25, -0.2) is 4.98 Å². The van der Waals surface area contributed by atoms with Crippen LogP contribution in [0.25, 0.3) is 33.1 Å². The molecule has 0 aliphatic rings. The van der Waals surface area contributed by atoms with Crippen molar-refractivity contribution in [3.05, 3.63) is 84.4 Å². The standard InChI is InChI=1S/C28H24N4O3/c1-3-15-32-25-14-13-19(35-2)16-22(25)26(28(32)34)30-31-27(33)21-17-24(18-9-5-4-6-10-18)29-23-12-8-7-11-20(21)23/h4-14,16-17,34H,3,15H2,1-2H3. The van der Waals surface area contributed by atoms with Crippen LogP contribution in [0.1, 0.15) is 23.7 Å². The van der Waals surface area contributed by atoms with Gasteiger partial charge in [-0.05, 0) is 36.8 Å². The number of hydrogen-bond donors (Lipinski definition) is 1. The highest BCUT2D eigenvalue weighted by molar-refractivity contribution is 6.07. The lowest BCUT2D eigenvalue weighted by molar-refractivity contribution is 0.0996. The number of fused-ring (bicyclic) bond motifs is 2. The number of azo groups is 1. The number of aryl methyl sites for hydroxylation is 1. The molecule has 0 aliphatic carbocycles. The summed E-state index contributed by atoms with van der Waals surface area (Å²) in [6.07, 6.45) is 0.824. The maximum Gasteiger partial charge on any atom is 0.296 e. The summed E-state index contributed by atoms with van der Waals surface area (Å²) in [5, 5.41) is 20.5. The highest BCUT2D eigenvalue weighted by Crippen LogP contribution is 2.40. The van der Waals surface area contributed by atoms with E-state index in [-0.39, 0.29) is 11.6 Å². The van der Waals surface area contributed by atoms with E-state index in [9.17, 15) is 9.90 Å². The number of aromatic nitrogens is 2. The second-order valence-electron chi connectivity index (χ2n) is 8.15. The van der Waals surface area contributed by atoms with Crippen LogP contribution in [0.3, 0.4) is 0 Å². The zero-order valence-corrected chi connectivity index (χ0v) is 19.5. The molecular formula is C28H24N4O3. The Balaban J connectivity index is 1.61. The molecule has 0 aliphatic heterocycles. The fourth-order valence-electron chi connectivity index (χ4n) is 4.24. The lowest BCUT2D eigenvalue weighted by Crippen LogP contribution is -1.99. The molecule has 5 rings (SSSR count). The van der Waals surface area contributed by atoms with Crippen molar-refractivity contribution in [3.8, 4) is 22.9 Å². The van der Waals surface area contributed by atoms with Crippen LogP contribution in [-0.2, 0) is 6.54 Å². The molecule has 0 bridgehead atoms. The van der Waals surface area contributed by atoms with E-state index in [1.54, 1.807) is 23.8 Å². The van der Waals surface area contributed by atoms with Crippen molar-refractivity contribution in [1.29, 1.82) is 0 Å². The van der Waals surface area contributed by atoms with Crippen LogP contribution >= 0.6 is 0 Å². The van der Waals surface area contributed by atoms with Crippen LogP contribution in [0.2, 0.25) is 0 Å². The molecule has 7 heteroatoms. The second kappa shape index (κ2) is 9.38. The zero-order valence-electron chi connectivity index (χ0n) is 19.5. The number of pyridine rings is 1. The maximum absolute atomic E-state index is 13.3. The fourth-order valence-corrected chi connectivity index (χ4v) is 4.24. The van der Waals surface area contributed by atoms with Crippen LogP contribution < -0.4 is 4.74 Å². The third-order valence-corrected chi connectivity index (χ3v) is 5.92. The summed E-state index contributed by atoms with van der Waals surface area (Å²) >= 11 is 0. The van der Waals surface area contributed by atoms with E-state index in [0.29, 0.717) is 39.8 Å². The Labute approximate surface area is 202 Å². The number of amides is 1. The first-order chi connectivity index (χ1) is 17.1. The number of para-hydroxylation sites is 1. The van der Waals surface area contributed by atoms with Crippen LogP contribution in [0, 0.1) is 0 Å². The van der Waals surface area contributed by atoms with Crippen molar-refractivity contribution in [3.63, 3.8) is 0 Å². The molecule has 7 nitrogen and oxygen atoms in total. The Morgan fingerprint density at radius 1 is 1.00 bits per heavy atom. The molecule has 0 saturated carbocycles. The van der Waals surface area contributed by atoms with Gasteiger partial charge in [0, 0.05) is 22.9 Å². The molecule has 1 N–H and O–H groups in total. The summed E-state index contributed by atoms with van der Waals surface area (Å²) < 4.78 is 7.11. The number of benzene rings is 3. The number of aromatic hydroxyl groups is 1. The Morgan fingerprint density at radius 3 is 2.54 bits per heavy atom. The molecule has 0 saturated heterocycles. The van der Waals surface area contributed by atoms with Gasteiger partial charge in [0.25, 0.3) is 5.91 Å². The first-order valence-electron chi connectivity index (χ1n) is 11.4. The molecule has 2 heterocycles. The number of hydrogen-bond acceptors (Lipinski definition) is 5. The molecule has 5 aromatic rings. The minimum Gasteiger partial charge on any atom is -0.497 e. The minimum atomic E-state index is -0.514. The first kappa shape index (κ1) is 22.3. The van der Waals surface area contributed by atoms with E-state index >= 15 is 0 Å². The fraction of sp³-hybridized carbons (Fsp3) is 0.143. The maximum atomic E-state index is 13.3. The minimum absolute atomic E-state index is 0.0313. The Morgan fingerprint density at radius 2 is 1.77 bits per heavy atom. The number of methoxy groups -OCH3 is 1. The molecular weight excluding hydrogens is 440 g/mol. The van der Waals surface area contributed by atoms with Crippen molar-refractivity contribution in [2.45, 2.75) is 19.9 Å². The van der Waals surface area contributed by atoms with Gasteiger partial charge in [0.15, 0.2) is 5.69 Å². The summed E-state index contributed by atoms with van der Waals surface area (Å²) in [6.45, 7) is 2.63. The molecule has 0 radical (unpaired) electrons. The average Bonchev–Trinajstić information content (AvgIpc) is 3.16. The molecule has 0 unspecified atom stereocenters. The highest BCUT2D eigenvalue weighted by Gasteiger charge is 2.19. The van der Waals surface area contributed by atoms with Crippen LogP contribution in [-0.4, -0.2) is 27.7 Å².